The Morgan fingerprint density at radius 2 is 0.509 bits per heavy atom. The number of amides is 2. The van der Waals surface area contributed by atoms with Gasteiger partial charge in [0.05, 0.1) is 59.5 Å². The standard InChI is InChI=1S/C58H98N2O46/c1-12(68)59-23-32(77)44(19(8-66)92-50(23)89)101-51-24(60-13(2)69)33(78)45(20(9-67)98-51)102-56-43(88)47(104-57-49(38(83)29(74)17(6-64)96-57)106-58-48(37(82)28(73)18(7-65)97-58)105-55-41(86)36(81)27(72)16(5-63)95-55)31(76)22(100-56)11-91-53-42(87)46(103-54-40(85)35(80)26(71)15(4-62)94-54)30(75)21(99-53)10-90-52-39(84)34(79)25(70)14(3-61)93-52/h14-58,61-67,70-89H,3-11H2,1-2H3,(H,59,68)(H,60,69)/t14?,15?,16?,17?,18?,19?,20?,21?,22?,23?,24?,25-,26-,27-,28-,29-,30-,31-,32-,33-,34+,35+,36+,37+,38+,39?,40?,41?,42?,43?,44-,45-,46+,47+,48?,49?,50?,51+,52+,53+,54-,55-,56+,57-,58-/m1/s1. The number of carbonyl (C=O) groups excluding carboxylic acids is 2. The first kappa shape index (κ1) is 87.2. The van der Waals surface area contributed by atoms with Crippen LogP contribution in [-0.4, -0.2) is 485 Å². The third-order valence-electron chi connectivity index (χ3n) is 19.5. The first-order chi connectivity index (χ1) is 50.2. The molecule has 9 heterocycles. The van der Waals surface area contributed by atoms with E-state index < -0.39 is 348 Å². The molecule has 9 fully saturated rings. The van der Waals surface area contributed by atoms with E-state index >= 15 is 0 Å². The summed E-state index contributed by atoms with van der Waals surface area (Å²) in [7, 11) is 0. The lowest BCUT2D eigenvalue weighted by atomic mass is 9.94. The number of hydrogen-bond donors (Lipinski definition) is 29. The molecule has 0 radical (unpaired) electrons. The maximum atomic E-state index is 12.9. The van der Waals surface area contributed by atoms with Crippen LogP contribution in [0.2, 0.25) is 0 Å². The molecule has 9 saturated heterocycles. The molecular weight excluding hydrogens is 1460 g/mol. The van der Waals surface area contributed by atoms with Gasteiger partial charge < -0.3 is 229 Å². The molecule has 0 aliphatic carbocycles. The third kappa shape index (κ3) is 18.7. The first-order valence-corrected chi connectivity index (χ1v) is 33.7. The normalized spacial score (nSPS) is 51.2. The SMILES string of the molecule is CC(=O)NC1C(O)OC(CO)[C@@H](O[C@@H]2OC(CO)[C@@H](O[C@@H]3OC(CO[C@H]4OC(CO[C@H]5OC(CO)[C@@H](O)[C@H](O)C5O)[C@@H](O)[C@H](O[C@H]5OC(CO)[C@@H](O)[C@H](O)C5O)C4O)[C@@H](O)[C@H](O[C@H]4OC(CO)[C@@H](O)[C@H](O)C4O[C@H]4OC(CO)[C@@H](O)[C@H](O)C4O[C@H]4OC(CO)[C@@H](O)[C@H](O)C4O)C3O)[C@H](O)C2NC(C)=O)[C@@H]1O. The van der Waals surface area contributed by atoms with Crippen LogP contribution in [0.4, 0.5) is 0 Å². The van der Waals surface area contributed by atoms with E-state index in [4.69, 9.17) is 80.5 Å². The molecular formula is C58H98N2O46. The van der Waals surface area contributed by atoms with Gasteiger partial charge in [-0.05, 0) is 0 Å². The Labute approximate surface area is 598 Å². The predicted molar refractivity (Wildman–Crippen MR) is 320 cm³/mol. The molecule has 0 aromatic carbocycles. The van der Waals surface area contributed by atoms with Crippen molar-refractivity contribution < 1.29 is 228 Å². The molecule has 106 heavy (non-hydrogen) atoms. The van der Waals surface area contributed by atoms with Crippen molar-refractivity contribution in [2.45, 2.75) is 290 Å². The van der Waals surface area contributed by atoms with Crippen LogP contribution in [0.5, 0.6) is 0 Å². The number of carbonyl (C=O) groups is 2. The van der Waals surface area contributed by atoms with Crippen molar-refractivity contribution in [1.82, 2.24) is 10.6 Å². The second-order valence-electron chi connectivity index (χ2n) is 26.7. The van der Waals surface area contributed by atoms with E-state index in [-0.39, 0.29) is 0 Å². The van der Waals surface area contributed by atoms with Gasteiger partial charge in [-0.2, -0.15) is 0 Å². The van der Waals surface area contributed by atoms with Crippen LogP contribution >= 0.6 is 0 Å². The highest BCUT2D eigenvalue weighted by atomic mass is 16.8. The van der Waals surface area contributed by atoms with Crippen LogP contribution in [0.25, 0.3) is 0 Å². The predicted octanol–water partition coefficient (Wildman–Crippen LogP) is -20.3. The van der Waals surface area contributed by atoms with Crippen LogP contribution in [0.15, 0.2) is 0 Å². The number of aliphatic hydroxyl groups excluding tert-OH is 27. The minimum Gasteiger partial charge on any atom is -0.394 e. The Hall–Kier alpha value is -2.82. The Morgan fingerprint density at radius 1 is 0.245 bits per heavy atom. The van der Waals surface area contributed by atoms with Gasteiger partial charge in [-0.15, -0.1) is 0 Å². The van der Waals surface area contributed by atoms with E-state index in [1.165, 1.54) is 0 Å². The summed E-state index contributed by atoms with van der Waals surface area (Å²) in [6.07, 6.45) is -90.8. The summed E-state index contributed by atoms with van der Waals surface area (Å²) >= 11 is 0. The van der Waals surface area contributed by atoms with Crippen molar-refractivity contribution in [3.63, 3.8) is 0 Å². The molecule has 0 saturated carbocycles. The average molecular weight is 1560 g/mol. The maximum Gasteiger partial charge on any atom is 0.217 e. The van der Waals surface area contributed by atoms with E-state index in [2.05, 4.69) is 10.6 Å². The zero-order valence-electron chi connectivity index (χ0n) is 56.2. The molecule has 616 valence electrons. The lowest BCUT2D eigenvalue weighted by molar-refractivity contribution is -0.408. The fraction of sp³-hybridized carbons (Fsp3) is 0.966. The number of ether oxygens (including phenoxy) is 17. The highest BCUT2D eigenvalue weighted by Gasteiger charge is 2.60. The summed E-state index contributed by atoms with van der Waals surface area (Å²) < 4.78 is 98.9. The van der Waals surface area contributed by atoms with Gasteiger partial charge >= 0.3 is 0 Å². The first-order valence-electron chi connectivity index (χ1n) is 33.7. The van der Waals surface area contributed by atoms with Crippen molar-refractivity contribution in [2.24, 2.45) is 0 Å². The van der Waals surface area contributed by atoms with Gasteiger partial charge in [0, 0.05) is 13.8 Å². The Balaban J connectivity index is 1.06. The Bertz CT molecular complexity index is 2710. The lowest BCUT2D eigenvalue weighted by Gasteiger charge is -2.51. The van der Waals surface area contributed by atoms with E-state index in [1.54, 1.807) is 0 Å². The highest BCUT2D eigenvalue weighted by molar-refractivity contribution is 5.73. The number of hydrogen-bond acceptors (Lipinski definition) is 46. The van der Waals surface area contributed by atoms with Crippen molar-refractivity contribution in [1.29, 1.82) is 0 Å². The van der Waals surface area contributed by atoms with Gasteiger partial charge in [-0.1, -0.05) is 0 Å². The van der Waals surface area contributed by atoms with E-state index in [1.807, 2.05) is 0 Å². The second kappa shape index (κ2) is 37.9. The third-order valence-corrected chi connectivity index (χ3v) is 19.5. The molecule has 45 atom stereocenters. The summed E-state index contributed by atoms with van der Waals surface area (Å²) in [4.78, 5) is 25.1. The smallest absolute Gasteiger partial charge is 0.217 e. The molecule has 0 aromatic rings. The highest BCUT2D eigenvalue weighted by Crippen LogP contribution is 2.40. The summed E-state index contributed by atoms with van der Waals surface area (Å²) in [6, 6.07) is -3.57. The topological polar surface area (TPSA) is 761 Å². The van der Waals surface area contributed by atoms with Gasteiger partial charge in [-0.25, -0.2) is 0 Å². The van der Waals surface area contributed by atoms with Gasteiger partial charge in [0.15, 0.2) is 56.6 Å². The van der Waals surface area contributed by atoms with Crippen molar-refractivity contribution in [2.75, 3.05) is 59.5 Å². The molecule has 48 nitrogen and oxygen atoms in total. The van der Waals surface area contributed by atoms with Gasteiger partial charge in [0.25, 0.3) is 0 Å². The molecule has 9 rings (SSSR count). The molecule has 19 unspecified atom stereocenters. The average Bonchev–Trinajstić information content (AvgIpc) is 0.772. The summed E-state index contributed by atoms with van der Waals surface area (Å²) in [6.45, 7) is -7.74. The zero-order valence-corrected chi connectivity index (χ0v) is 56.2. The molecule has 48 heteroatoms. The minimum absolute atomic E-state index is 0.788. The molecule has 0 bridgehead atoms. The van der Waals surface area contributed by atoms with Crippen LogP contribution < -0.4 is 10.6 Å². The van der Waals surface area contributed by atoms with Crippen molar-refractivity contribution >= 4 is 11.8 Å². The van der Waals surface area contributed by atoms with Crippen LogP contribution in [0.1, 0.15) is 13.8 Å². The second-order valence-corrected chi connectivity index (χ2v) is 26.7. The minimum atomic E-state index is -2.58. The largest absolute Gasteiger partial charge is 0.394 e. The molecule has 0 spiro atoms. The maximum absolute atomic E-state index is 12.9. The monoisotopic (exact) mass is 1560 g/mol. The van der Waals surface area contributed by atoms with Crippen LogP contribution in [-0.2, 0) is 90.1 Å². The number of rotatable bonds is 27. The van der Waals surface area contributed by atoms with Gasteiger partial charge in [0.1, 0.15) is 220 Å². The Kier molecular flexibility index (Phi) is 31.1. The van der Waals surface area contributed by atoms with Gasteiger partial charge in [-0.3, -0.25) is 9.59 Å². The summed E-state index contributed by atoms with van der Waals surface area (Å²) in [5, 5.41) is 301. The molecule has 9 aliphatic rings. The Morgan fingerprint density at radius 3 is 0.925 bits per heavy atom. The molecule has 29 N–H and O–H groups in total. The fourth-order valence-electron chi connectivity index (χ4n) is 13.5. The summed E-state index contributed by atoms with van der Waals surface area (Å²) in [5.41, 5.74) is 0. The lowest BCUT2D eigenvalue weighted by Crippen LogP contribution is -2.70. The zero-order chi connectivity index (χ0) is 77.9. The fourth-order valence-corrected chi connectivity index (χ4v) is 13.5. The number of nitrogens with one attached hydrogen (secondary N) is 2. The van der Waals surface area contributed by atoms with Crippen molar-refractivity contribution in [3.8, 4) is 0 Å². The molecule has 2 amide bonds. The van der Waals surface area contributed by atoms with Crippen LogP contribution in [0.3, 0.4) is 0 Å². The summed E-state index contributed by atoms with van der Waals surface area (Å²) in [5.74, 6) is -1.73. The molecule has 0 aromatic heterocycles. The van der Waals surface area contributed by atoms with Crippen molar-refractivity contribution in [3.05, 3.63) is 0 Å². The van der Waals surface area contributed by atoms with E-state index in [0.717, 1.165) is 13.8 Å². The number of aliphatic hydroxyl groups is 27. The van der Waals surface area contributed by atoms with Crippen LogP contribution in [0, 0.1) is 0 Å². The molecule has 9 aliphatic heterocycles. The van der Waals surface area contributed by atoms with E-state index in [0.29, 0.717) is 0 Å². The van der Waals surface area contributed by atoms with Gasteiger partial charge in [0.2, 0.25) is 11.8 Å². The quantitative estimate of drug-likeness (QED) is 0.0363. The van der Waals surface area contributed by atoms with E-state index in [9.17, 15) is 147 Å².